The van der Waals surface area contributed by atoms with Gasteiger partial charge in [-0.15, -0.1) is 0 Å². The summed E-state index contributed by atoms with van der Waals surface area (Å²) in [6, 6.07) is 0. The molecule has 0 aromatic carbocycles. The van der Waals surface area contributed by atoms with E-state index in [1.807, 2.05) is 6.92 Å². The minimum absolute atomic E-state index is 0.537. The van der Waals surface area contributed by atoms with Gasteiger partial charge in [-0.05, 0) is 6.42 Å². The van der Waals surface area contributed by atoms with Crippen LogP contribution in [0.4, 0.5) is 0 Å². The van der Waals surface area contributed by atoms with Crippen LogP contribution in [0.5, 0.6) is 0 Å². The molecule has 11 heavy (non-hydrogen) atoms. The molecule has 0 aliphatic rings. The standard InChI is InChI=1S/C6H9N3O2/c1-2-3-9-4-7-8-5(10)6(9)11/h4H,2-3H2,1H3,(H,8,10). The average molecular weight is 155 g/mol. The van der Waals surface area contributed by atoms with Gasteiger partial charge in [-0.2, -0.15) is 5.10 Å². The minimum Gasteiger partial charge on any atom is -0.293 e. The minimum atomic E-state index is -0.666. The fourth-order valence-electron chi connectivity index (χ4n) is 0.788. The number of aromatic amines is 1. The Morgan fingerprint density at radius 1 is 1.64 bits per heavy atom. The molecule has 0 amide bonds. The summed E-state index contributed by atoms with van der Waals surface area (Å²) in [4.78, 5) is 21.6. The molecule has 0 atom stereocenters. The Kier molecular flexibility index (Phi) is 2.20. The van der Waals surface area contributed by atoms with Crippen LogP contribution < -0.4 is 11.1 Å². The van der Waals surface area contributed by atoms with Gasteiger partial charge in [-0.3, -0.25) is 14.2 Å². The summed E-state index contributed by atoms with van der Waals surface area (Å²) < 4.78 is 1.29. The first-order valence-electron chi connectivity index (χ1n) is 3.40. The molecule has 5 heteroatoms. The third kappa shape index (κ3) is 1.54. The third-order valence-electron chi connectivity index (χ3n) is 1.28. The number of rotatable bonds is 2. The van der Waals surface area contributed by atoms with Crippen LogP contribution in [0, 0.1) is 0 Å². The Morgan fingerprint density at radius 2 is 2.36 bits per heavy atom. The van der Waals surface area contributed by atoms with Crippen molar-refractivity contribution in [1.29, 1.82) is 0 Å². The van der Waals surface area contributed by atoms with E-state index in [4.69, 9.17) is 0 Å². The van der Waals surface area contributed by atoms with Gasteiger partial charge in [0, 0.05) is 6.54 Å². The van der Waals surface area contributed by atoms with Gasteiger partial charge in [-0.25, -0.2) is 5.10 Å². The largest absolute Gasteiger partial charge is 0.330 e. The van der Waals surface area contributed by atoms with E-state index in [2.05, 4.69) is 10.2 Å². The molecule has 0 spiro atoms. The van der Waals surface area contributed by atoms with E-state index in [1.54, 1.807) is 0 Å². The number of nitrogens with zero attached hydrogens (tertiary/aromatic N) is 2. The molecule has 0 saturated carbocycles. The normalized spacial score (nSPS) is 9.91. The zero-order valence-corrected chi connectivity index (χ0v) is 6.20. The fourth-order valence-corrected chi connectivity index (χ4v) is 0.788. The molecule has 1 N–H and O–H groups in total. The predicted octanol–water partition coefficient (Wildman–Crippen LogP) is -0.658. The molecule has 0 fully saturated rings. The van der Waals surface area contributed by atoms with Crippen molar-refractivity contribution in [3.8, 4) is 0 Å². The number of hydrogen-bond donors (Lipinski definition) is 1. The predicted molar refractivity (Wildman–Crippen MR) is 39.4 cm³/mol. The van der Waals surface area contributed by atoms with Gasteiger partial charge in [0.25, 0.3) is 0 Å². The lowest BCUT2D eigenvalue weighted by atomic mass is 10.5. The summed E-state index contributed by atoms with van der Waals surface area (Å²) in [6.07, 6.45) is 2.14. The van der Waals surface area contributed by atoms with Gasteiger partial charge in [-0.1, -0.05) is 6.92 Å². The van der Waals surface area contributed by atoms with E-state index in [-0.39, 0.29) is 0 Å². The molecule has 1 aromatic rings. The van der Waals surface area contributed by atoms with E-state index < -0.39 is 11.1 Å². The first-order valence-corrected chi connectivity index (χ1v) is 3.40. The lowest BCUT2D eigenvalue weighted by Crippen LogP contribution is -2.36. The highest BCUT2D eigenvalue weighted by Crippen LogP contribution is 1.78. The van der Waals surface area contributed by atoms with Crippen LogP contribution in [0.25, 0.3) is 0 Å². The zero-order chi connectivity index (χ0) is 8.27. The molecule has 1 rings (SSSR count). The van der Waals surface area contributed by atoms with Crippen molar-refractivity contribution in [2.45, 2.75) is 19.9 Å². The van der Waals surface area contributed by atoms with Gasteiger partial charge in [0.1, 0.15) is 6.33 Å². The average Bonchev–Trinajstić information content (AvgIpc) is 1.99. The van der Waals surface area contributed by atoms with Crippen molar-refractivity contribution in [3.63, 3.8) is 0 Å². The summed E-state index contributed by atoms with van der Waals surface area (Å²) in [5, 5.41) is 5.55. The molecule has 60 valence electrons. The second-order valence-electron chi connectivity index (χ2n) is 2.18. The molecule has 0 radical (unpaired) electrons. The summed E-state index contributed by atoms with van der Waals surface area (Å²) in [7, 11) is 0. The number of nitrogens with one attached hydrogen (secondary N) is 1. The highest BCUT2D eigenvalue weighted by atomic mass is 16.2. The molecule has 0 saturated heterocycles. The fraction of sp³-hybridized carbons (Fsp3) is 0.500. The van der Waals surface area contributed by atoms with Gasteiger partial charge < -0.3 is 0 Å². The molecular formula is C6H9N3O2. The molecule has 1 heterocycles. The number of hydrogen-bond acceptors (Lipinski definition) is 3. The van der Waals surface area contributed by atoms with Crippen LogP contribution in [-0.4, -0.2) is 14.8 Å². The Labute approximate surface area is 62.7 Å². The Bertz CT molecular complexity index is 338. The van der Waals surface area contributed by atoms with Crippen LogP contribution in [-0.2, 0) is 6.54 Å². The summed E-state index contributed by atoms with van der Waals surface area (Å²) >= 11 is 0. The van der Waals surface area contributed by atoms with Crippen LogP contribution >= 0.6 is 0 Å². The number of aromatic nitrogens is 3. The van der Waals surface area contributed by atoms with Gasteiger partial charge in [0.15, 0.2) is 0 Å². The quantitative estimate of drug-likeness (QED) is 0.576. The molecule has 5 nitrogen and oxygen atoms in total. The SMILES string of the molecule is CCCn1cn[nH]c(=O)c1=O. The number of H-pyrrole nitrogens is 1. The van der Waals surface area contributed by atoms with E-state index in [9.17, 15) is 9.59 Å². The molecule has 0 unspecified atom stereocenters. The smallest absolute Gasteiger partial charge is 0.293 e. The van der Waals surface area contributed by atoms with E-state index in [1.165, 1.54) is 10.9 Å². The maximum absolute atomic E-state index is 10.9. The summed E-state index contributed by atoms with van der Waals surface area (Å²) in [6.45, 7) is 2.46. The van der Waals surface area contributed by atoms with E-state index >= 15 is 0 Å². The van der Waals surface area contributed by atoms with Crippen LogP contribution in [0.2, 0.25) is 0 Å². The first-order chi connectivity index (χ1) is 5.25. The Balaban J connectivity index is 3.18. The number of aryl methyl sites for hydroxylation is 1. The van der Waals surface area contributed by atoms with E-state index in [0.717, 1.165) is 6.42 Å². The summed E-state index contributed by atoms with van der Waals surface area (Å²) in [5.74, 6) is 0. The lowest BCUT2D eigenvalue weighted by molar-refractivity contribution is 0.616. The lowest BCUT2D eigenvalue weighted by Gasteiger charge is -1.97. The second-order valence-corrected chi connectivity index (χ2v) is 2.18. The maximum atomic E-state index is 10.9. The van der Waals surface area contributed by atoms with Crippen molar-refractivity contribution in [2.75, 3.05) is 0 Å². The van der Waals surface area contributed by atoms with Crippen molar-refractivity contribution >= 4 is 0 Å². The van der Waals surface area contributed by atoms with Crippen molar-refractivity contribution in [1.82, 2.24) is 14.8 Å². The van der Waals surface area contributed by atoms with Crippen molar-refractivity contribution < 1.29 is 0 Å². The van der Waals surface area contributed by atoms with Gasteiger partial charge in [0.2, 0.25) is 0 Å². The highest BCUT2D eigenvalue weighted by Gasteiger charge is 1.96. The molecule has 0 aliphatic carbocycles. The van der Waals surface area contributed by atoms with Crippen LogP contribution in [0.3, 0.4) is 0 Å². The maximum Gasteiger partial charge on any atom is 0.330 e. The Hall–Kier alpha value is -1.39. The van der Waals surface area contributed by atoms with Crippen LogP contribution in [0.1, 0.15) is 13.3 Å². The Morgan fingerprint density at radius 3 is 3.00 bits per heavy atom. The zero-order valence-electron chi connectivity index (χ0n) is 6.20. The molecule has 0 aliphatic heterocycles. The monoisotopic (exact) mass is 155 g/mol. The van der Waals surface area contributed by atoms with Crippen LogP contribution in [0.15, 0.2) is 15.9 Å². The second kappa shape index (κ2) is 3.14. The van der Waals surface area contributed by atoms with Gasteiger partial charge in [0.05, 0.1) is 0 Å². The summed E-state index contributed by atoms with van der Waals surface area (Å²) in [5.41, 5.74) is -1.21. The van der Waals surface area contributed by atoms with E-state index in [0.29, 0.717) is 6.54 Å². The van der Waals surface area contributed by atoms with Gasteiger partial charge >= 0.3 is 11.1 Å². The molecule has 0 bridgehead atoms. The van der Waals surface area contributed by atoms with Crippen molar-refractivity contribution in [2.24, 2.45) is 0 Å². The third-order valence-corrected chi connectivity index (χ3v) is 1.28. The molecule has 1 aromatic heterocycles. The van der Waals surface area contributed by atoms with Crippen molar-refractivity contribution in [3.05, 3.63) is 27.0 Å². The topological polar surface area (TPSA) is 67.8 Å². The first kappa shape index (κ1) is 7.71. The molecular weight excluding hydrogens is 146 g/mol. The highest BCUT2D eigenvalue weighted by molar-refractivity contribution is 4.73.